The number of H-pyrrole nitrogens is 1. The van der Waals surface area contributed by atoms with Crippen LogP contribution in [0.4, 0.5) is 0 Å². The lowest BCUT2D eigenvalue weighted by Gasteiger charge is -2.01. The molecule has 0 bridgehead atoms. The van der Waals surface area contributed by atoms with Crippen molar-refractivity contribution in [3.63, 3.8) is 0 Å². The Morgan fingerprint density at radius 2 is 2.00 bits per heavy atom. The number of pyridine rings is 2. The minimum Gasteiger partial charge on any atom is -0.495 e. The highest BCUT2D eigenvalue weighted by atomic mass is 16.5. The van der Waals surface area contributed by atoms with Gasteiger partial charge in [0, 0.05) is 29.1 Å². The van der Waals surface area contributed by atoms with Gasteiger partial charge in [0.05, 0.1) is 36.9 Å². The van der Waals surface area contributed by atoms with E-state index in [9.17, 15) is 0 Å². The smallest absolute Gasteiger partial charge is 0.138 e. The van der Waals surface area contributed by atoms with Crippen LogP contribution < -0.4 is 10.5 Å². The number of aryl methyl sites for hydroxylation is 1. The standard InChI is InChI=1S/C19H22N6O/c1-26-14-7-16-15-8-17(21-11-18(15)24-19(16)22-10-14)13-9-23-25(12-13)6-4-2-3-5-20/h7-12H,2-6,20H2,1H3,(H,22,24). The van der Waals surface area contributed by atoms with E-state index < -0.39 is 0 Å². The van der Waals surface area contributed by atoms with Gasteiger partial charge < -0.3 is 15.5 Å². The first-order valence-electron chi connectivity index (χ1n) is 8.83. The maximum Gasteiger partial charge on any atom is 0.138 e. The molecule has 0 spiro atoms. The molecule has 0 radical (unpaired) electrons. The van der Waals surface area contributed by atoms with Gasteiger partial charge in [0.25, 0.3) is 0 Å². The number of hydrogen-bond acceptors (Lipinski definition) is 5. The largest absolute Gasteiger partial charge is 0.495 e. The number of unbranched alkanes of at least 4 members (excludes halogenated alkanes) is 2. The van der Waals surface area contributed by atoms with Crippen molar-refractivity contribution in [3.8, 4) is 17.0 Å². The Balaban J connectivity index is 1.64. The molecule has 0 saturated heterocycles. The Hall–Kier alpha value is -2.93. The third-order valence-electron chi connectivity index (χ3n) is 4.57. The normalized spacial score (nSPS) is 11.5. The molecular weight excluding hydrogens is 328 g/mol. The summed E-state index contributed by atoms with van der Waals surface area (Å²) in [7, 11) is 1.65. The van der Waals surface area contributed by atoms with Gasteiger partial charge in [-0.2, -0.15) is 5.10 Å². The zero-order valence-electron chi connectivity index (χ0n) is 14.8. The SMILES string of the molecule is COc1cnc2[nH]c3cnc(-c4cnn(CCCCCN)c4)cc3c2c1. The highest BCUT2D eigenvalue weighted by Crippen LogP contribution is 2.29. The molecule has 4 aromatic rings. The first kappa shape index (κ1) is 16.5. The minimum absolute atomic E-state index is 0.738. The van der Waals surface area contributed by atoms with Crippen molar-refractivity contribution in [1.82, 2.24) is 24.7 Å². The van der Waals surface area contributed by atoms with Crippen molar-refractivity contribution in [2.45, 2.75) is 25.8 Å². The van der Waals surface area contributed by atoms with Gasteiger partial charge in [-0.15, -0.1) is 0 Å². The van der Waals surface area contributed by atoms with Crippen LogP contribution in [0, 0.1) is 0 Å². The monoisotopic (exact) mass is 350 g/mol. The lowest BCUT2D eigenvalue weighted by molar-refractivity contribution is 0.414. The van der Waals surface area contributed by atoms with Gasteiger partial charge in [0.1, 0.15) is 11.4 Å². The number of methoxy groups -OCH3 is 1. The highest BCUT2D eigenvalue weighted by Gasteiger charge is 2.10. The van der Waals surface area contributed by atoms with E-state index in [1.807, 2.05) is 29.3 Å². The Labute approximate surface area is 151 Å². The third kappa shape index (κ3) is 3.13. The molecule has 4 rings (SSSR count). The average molecular weight is 350 g/mol. The molecular formula is C19H22N6O. The van der Waals surface area contributed by atoms with Gasteiger partial charge in [0.2, 0.25) is 0 Å². The number of ether oxygens (including phenoxy) is 1. The van der Waals surface area contributed by atoms with Crippen molar-refractivity contribution in [3.05, 3.63) is 36.9 Å². The van der Waals surface area contributed by atoms with Crippen molar-refractivity contribution in [2.24, 2.45) is 5.73 Å². The molecule has 0 amide bonds. The van der Waals surface area contributed by atoms with E-state index in [4.69, 9.17) is 10.5 Å². The van der Waals surface area contributed by atoms with E-state index in [1.54, 1.807) is 13.3 Å². The average Bonchev–Trinajstić information content (AvgIpc) is 3.28. The molecule has 0 aliphatic heterocycles. The number of fused-ring (bicyclic) bond motifs is 3. The lowest BCUT2D eigenvalue weighted by atomic mass is 10.1. The lowest BCUT2D eigenvalue weighted by Crippen LogP contribution is -2.01. The molecule has 26 heavy (non-hydrogen) atoms. The summed E-state index contributed by atoms with van der Waals surface area (Å²) in [6, 6.07) is 4.07. The van der Waals surface area contributed by atoms with Crippen LogP contribution in [0.15, 0.2) is 36.9 Å². The van der Waals surface area contributed by atoms with Crippen LogP contribution in [-0.2, 0) is 6.54 Å². The molecule has 4 aromatic heterocycles. The number of aromatic nitrogens is 5. The minimum atomic E-state index is 0.738. The summed E-state index contributed by atoms with van der Waals surface area (Å²) in [4.78, 5) is 12.3. The molecule has 0 fully saturated rings. The van der Waals surface area contributed by atoms with E-state index in [-0.39, 0.29) is 0 Å². The topological polar surface area (TPSA) is 94.6 Å². The zero-order valence-corrected chi connectivity index (χ0v) is 14.8. The zero-order chi connectivity index (χ0) is 17.9. The van der Waals surface area contributed by atoms with Crippen LogP contribution in [0.3, 0.4) is 0 Å². The Morgan fingerprint density at radius 1 is 1.08 bits per heavy atom. The van der Waals surface area contributed by atoms with Gasteiger partial charge in [-0.3, -0.25) is 9.67 Å². The van der Waals surface area contributed by atoms with Crippen LogP contribution >= 0.6 is 0 Å². The van der Waals surface area contributed by atoms with Crippen molar-refractivity contribution >= 4 is 21.9 Å². The molecule has 4 heterocycles. The molecule has 0 aliphatic carbocycles. The first-order chi connectivity index (χ1) is 12.8. The van der Waals surface area contributed by atoms with Crippen LogP contribution in [0.2, 0.25) is 0 Å². The van der Waals surface area contributed by atoms with Crippen LogP contribution in [0.5, 0.6) is 5.75 Å². The van der Waals surface area contributed by atoms with Crippen LogP contribution in [0.1, 0.15) is 19.3 Å². The number of nitrogens with one attached hydrogen (secondary N) is 1. The number of nitrogens with zero attached hydrogens (tertiary/aromatic N) is 4. The summed E-state index contributed by atoms with van der Waals surface area (Å²) in [6.07, 6.45) is 10.7. The van der Waals surface area contributed by atoms with E-state index in [0.717, 1.165) is 71.3 Å². The maximum absolute atomic E-state index is 5.54. The fourth-order valence-electron chi connectivity index (χ4n) is 3.14. The molecule has 7 heteroatoms. The van der Waals surface area contributed by atoms with Gasteiger partial charge in [0.15, 0.2) is 0 Å². The van der Waals surface area contributed by atoms with E-state index in [0.29, 0.717) is 0 Å². The second-order valence-corrected chi connectivity index (χ2v) is 6.35. The van der Waals surface area contributed by atoms with Gasteiger partial charge in [-0.05, 0) is 31.5 Å². The first-order valence-corrected chi connectivity index (χ1v) is 8.83. The predicted octanol–water partition coefficient (Wildman–Crippen LogP) is 3.11. The molecule has 0 atom stereocenters. The quantitative estimate of drug-likeness (QED) is 0.499. The van der Waals surface area contributed by atoms with Crippen LogP contribution in [-0.4, -0.2) is 38.4 Å². The highest BCUT2D eigenvalue weighted by molar-refractivity contribution is 6.06. The summed E-state index contributed by atoms with van der Waals surface area (Å²) < 4.78 is 7.27. The molecule has 3 N–H and O–H groups in total. The maximum atomic E-state index is 5.54. The van der Waals surface area contributed by atoms with Gasteiger partial charge in [-0.1, -0.05) is 6.42 Å². The second-order valence-electron chi connectivity index (χ2n) is 6.35. The number of rotatable bonds is 7. The van der Waals surface area contributed by atoms with Crippen molar-refractivity contribution in [2.75, 3.05) is 13.7 Å². The molecule has 0 aliphatic rings. The number of aromatic amines is 1. The third-order valence-corrected chi connectivity index (χ3v) is 4.57. The van der Waals surface area contributed by atoms with Gasteiger partial charge in [-0.25, -0.2) is 4.98 Å². The Bertz CT molecular complexity index is 1040. The summed E-state index contributed by atoms with van der Waals surface area (Å²) >= 11 is 0. The predicted molar refractivity (Wildman–Crippen MR) is 102 cm³/mol. The summed E-state index contributed by atoms with van der Waals surface area (Å²) in [5.41, 5.74) is 9.23. The second kappa shape index (κ2) is 7.13. The van der Waals surface area contributed by atoms with E-state index in [1.165, 1.54) is 0 Å². The fraction of sp³-hybridized carbons (Fsp3) is 0.316. The van der Waals surface area contributed by atoms with E-state index in [2.05, 4.69) is 26.1 Å². The summed E-state index contributed by atoms with van der Waals surface area (Å²) in [5.74, 6) is 0.738. The van der Waals surface area contributed by atoms with E-state index >= 15 is 0 Å². The Kier molecular flexibility index (Phi) is 4.53. The van der Waals surface area contributed by atoms with Crippen molar-refractivity contribution < 1.29 is 4.74 Å². The van der Waals surface area contributed by atoms with Gasteiger partial charge >= 0.3 is 0 Å². The molecule has 7 nitrogen and oxygen atoms in total. The number of nitrogens with two attached hydrogens (primary N) is 1. The molecule has 134 valence electrons. The fourth-order valence-corrected chi connectivity index (χ4v) is 3.14. The molecule has 0 unspecified atom stereocenters. The molecule has 0 aromatic carbocycles. The Morgan fingerprint density at radius 3 is 2.85 bits per heavy atom. The van der Waals surface area contributed by atoms with Crippen LogP contribution in [0.25, 0.3) is 33.2 Å². The summed E-state index contributed by atoms with van der Waals surface area (Å²) in [5, 5.41) is 6.55. The molecule has 0 saturated carbocycles. The number of hydrogen-bond donors (Lipinski definition) is 2. The summed E-state index contributed by atoms with van der Waals surface area (Å²) in [6.45, 7) is 1.65. The van der Waals surface area contributed by atoms with Crippen molar-refractivity contribution in [1.29, 1.82) is 0 Å².